The topological polar surface area (TPSA) is 74.3 Å². The molecule has 1 aromatic carbocycles. The molecule has 0 bridgehead atoms. The van der Waals surface area contributed by atoms with Gasteiger partial charge in [0.05, 0.1) is 7.11 Å². The summed E-state index contributed by atoms with van der Waals surface area (Å²) >= 11 is 0. The first-order valence-electron chi connectivity index (χ1n) is 8.13. The van der Waals surface area contributed by atoms with Crippen molar-refractivity contribution in [3.8, 4) is 22.8 Å². The van der Waals surface area contributed by atoms with Crippen molar-refractivity contribution in [1.82, 2.24) is 24.1 Å². The summed E-state index contributed by atoms with van der Waals surface area (Å²) in [6.45, 7) is 3.91. The van der Waals surface area contributed by atoms with Crippen LogP contribution in [0.15, 0.2) is 53.8 Å². The fraction of sp³-hybridized carbons (Fsp3) is 0.158. The number of hydrogen-bond acceptors (Lipinski definition) is 5. The molecule has 0 saturated carbocycles. The van der Waals surface area contributed by atoms with Gasteiger partial charge >= 0.3 is 0 Å². The average Bonchev–Trinajstić information content (AvgIpc) is 2.94. The summed E-state index contributed by atoms with van der Waals surface area (Å²) in [5.74, 6) is 1.02. The Morgan fingerprint density at radius 3 is 2.58 bits per heavy atom. The van der Waals surface area contributed by atoms with E-state index in [1.54, 1.807) is 31.9 Å². The number of fused-ring (bicyclic) bond motifs is 1. The van der Waals surface area contributed by atoms with Crippen molar-refractivity contribution in [2.45, 2.75) is 13.8 Å². The first-order valence-corrected chi connectivity index (χ1v) is 8.13. The highest BCUT2D eigenvalue weighted by molar-refractivity contribution is 5.79. The second kappa shape index (κ2) is 6.11. The molecule has 0 unspecified atom stereocenters. The number of nitrogens with zero attached hydrogens (tertiary/aromatic N) is 5. The van der Waals surface area contributed by atoms with Gasteiger partial charge in [-0.25, -0.2) is 9.97 Å². The van der Waals surface area contributed by atoms with E-state index in [1.807, 2.05) is 42.5 Å². The Kier molecular flexibility index (Phi) is 3.76. The number of benzene rings is 1. The second-order valence-corrected chi connectivity index (χ2v) is 5.93. The van der Waals surface area contributed by atoms with Gasteiger partial charge in [0.2, 0.25) is 0 Å². The number of aromatic nitrogens is 5. The van der Waals surface area contributed by atoms with Crippen molar-refractivity contribution >= 4 is 5.52 Å². The zero-order valence-electron chi connectivity index (χ0n) is 14.7. The zero-order valence-corrected chi connectivity index (χ0v) is 14.7. The molecule has 7 heteroatoms. The lowest BCUT2D eigenvalue weighted by molar-refractivity contribution is 0.415. The Morgan fingerprint density at radius 1 is 1.08 bits per heavy atom. The molecule has 130 valence electrons. The van der Waals surface area contributed by atoms with Gasteiger partial charge in [-0.05, 0) is 43.2 Å². The van der Waals surface area contributed by atoms with Crippen molar-refractivity contribution in [2.75, 3.05) is 7.11 Å². The number of methoxy groups -OCH3 is 1. The Bertz CT molecular complexity index is 1160. The standard InChI is InChI=1S/C19H17N5O2/c1-12-16(14-6-4-7-15(10-14)26-3)13(2)23-11-22-24(18(25)17(12)23)19-20-8-5-9-21-19/h4-11H,1-3H3. The van der Waals surface area contributed by atoms with Gasteiger partial charge in [-0.1, -0.05) is 12.1 Å². The van der Waals surface area contributed by atoms with Crippen molar-refractivity contribution in [3.63, 3.8) is 0 Å². The van der Waals surface area contributed by atoms with Crippen LogP contribution in [0.25, 0.3) is 22.6 Å². The Hall–Kier alpha value is -3.48. The van der Waals surface area contributed by atoms with E-state index in [0.717, 1.165) is 28.1 Å². The van der Waals surface area contributed by atoms with Crippen LogP contribution < -0.4 is 10.3 Å². The lowest BCUT2D eigenvalue weighted by Gasteiger charge is -2.05. The van der Waals surface area contributed by atoms with Gasteiger partial charge in [-0.15, -0.1) is 0 Å². The van der Waals surface area contributed by atoms with Crippen LogP contribution in [0.4, 0.5) is 0 Å². The number of ether oxygens (including phenoxy) is 1. The van der Waals surface area contributed by atoms with E-state index in [0.29, 0.717) is 5.52 Å². The SMILES string of the molecule is COc1cccc(-c2c(C)c3c(=O)n(-c4ncccn4)ncn3c2C)c1. The summed E-state index contributed by atoms with van der Waals surface area (Å²) < 4.78 is 8.36. The third kappa shape index (κ3) is 2.36. The maximum atomic E-state index is 13.0. The van der Waals surface area contributed by atoms with Crippen LogP contribution in [0.3, 0.4) is 0 Å². The summed E-state index contributed by atoms with van der Waals surface area (Å²) in [4.78, 5) is 21.3. The molecule has 0 aliphatic heterocycles. The van der Waals surface area contributed by atoms with E-state index in [9.17, 15) is 4.79 Å². The maximum absolute atomic E-state index is 13.0. The fourth-order valence-electron chi connectivity index (χ4n) is 3.27. The molecule has 0 saturated heterocycles. The smallest absolute Gasteiger partial charge is 0.298 e. The molecule has 3 heterocycles. The molecule has 0 N–H and O–H groups in total. The zero-order chi connectivity index (χ0) is 18.3. The van der Waals surface area contributed by atoms with Crippen LogP contribution in [0, 0.1) is 13.8 Å². The Balaban J connectivity index is 2.00. The summed E-state index contributed by atoms with van der Waals surface area (Å²) in [6, 6.07) is 9.49. The summed E-state index contributed by atoms with van der Waals surface area (Å²) in [5.41, 5.74) is 4.11. The average molecular weight is 347 g/mol. The third-order valence-corrected chi connectivity index (χ3v) is 4.47. The quantitative estimate of drug-likeness (QED) is 0.569. The molecule has 26 heavy (non-hydrogen) atoms. The van der Waals surface area contributed by atoms with E-state index in [1.165, 1.54) is 4.68 Å². The van der Waals surface area contributed by atoms with Crippen LogP contribution in [-0.4, -0.2) is 31.3 Å². The third-order valence-electron chi connectivity index (χ3n) is 4.47. The van der Waals surface area contributed by atoms with Gasteiger partial charge in [0, 0.05) is 23.7 Å². The van der Waals surface area contributed by atoms with E-state index in [2.05, 4.69) is 15.1 Å². The first-order chi connectivity index (χ1) is 12.6. The highest BCUT2D eigenvalue weighted by Gasteiger charge is 2.19. The molecule has 0 aliphatic rings. The highest BCUT2D eigenvalue weighted by Crippen LogP contribution is 2.32. The Labute approximate surface area is 149 Å². The molecular formula is C19H17N5O2. The molecular weight excluding hydrogens is 330 g/mol. The minimum atomic E-state index is -0.256. The van der Waals surface area contributed by atoms with Crippen LogP contribution in [0.5, 0.6) is 5.75 Å². The van der Waals surface area contributed by atoms with Gasteiger partial charge < -0.3 is 4.74 Å². The molecule has 0 atom stereocenters. The normalized spacial score (nSPS) is 11.0. The summed E-state index contributed by atoms with van der Waals surface area (Å²) in [7, 11) is 1.64. The number of hydrogen-bond donors (Lipinski definition) is 0. The number of aryl methyl sites for hydroxylation is 2. The van der Waals surface area contributed by atoms with Crippen LogP contribution in [-0.2, 0) is 0 Å². The van der Waals surface area contributed by atoms with Gasteiger partial charge in [0.1, 0.15) is 17.6 Å². The van der Waals surface area contributed by atoms with E-state index in [4.69, 9.17) is 4.74 Å². The van der Waals surface area contributed by atoms with E-state index >= 15 is 0 Å². The van der Waals surface area contributed by atoms with Crippen molar-refractivity contribution < 1.29 is 4.74 Å². The van der Waals surface area contributed by atoms with E-state index in [-0.39, 0.29) is 11.5 Å². The summed E-state index contributed by atoms with van der Waals surface area (Å²) in [5, 5.41) is 4.24. The molecule has 4 rings (SSSR count). The van der Waals surface area contributed by atoms with Gasteiger partial charge in [-0.2, -0.15) is 9.78 Å². The van der Waals surface area contributed by atoms with Gasteiger partial charge in [0.25, 0.3) is 11.5 Å². The van der Waals surface area contributed by atoms with Crippen molar-refractivity contribution in [2.24, 2.45) is 0 Å². The minimum Gasteiger partial charge on any atom is -0.497 e. The lowest BCUT2D eigenvalue weighted by Crippen LogP contribution is -2.25. The molecule has 3 aromatic heterocycles. The van der Waals surface area contributed by atoms with Crippen LogP contribution in [0.2, 0.25) is 0 Å². The van der Waals surface area contributed by atoms with Crippen molar-refractivity contribution in [3.05, 3.63) is 70.7 Å². The predicted octanol–water partition coefficient (Wildman–Crippen LogP) is 2.57. The van der Waals surface area contributed by atoms with Crippen molar-refractivity contribution in [1.29, 1.82) is 0 Å². The predicted molar refractivity (Wildman–Crippen MR) is 97.8 cm³/mol. The molecule has 0 amide bonds. The fourth-order valence-corrected chi connectivity index (χ4v) is 3.27. The van der Waals surface area contributed by atoms with E-state index < -0.39 is 0 Å². The summed E-state index contributed by atoms with van der Waals surface area (Å²) in [6.07, 6.45) is 4.79. The molecule has 0 radical (unpaired) electrons. The monoisotopic (exact) mass is 347 g/mol. The molecule has 0 spiro atoms. The Morgan fingerprint density at radius 2 is 1.85 bits per heavy atom. The molecule has 0 aliphatic carbocycles. The van der Waals surface area contributed by atoms with Crippen LogP contribution >= 0.6 is 0 Å². The maximum Gasteiger partial charge on any atom is 0.298 e. The van der Waals surface area contributed by atoms with Crippen LogP contribution in [0.1, 0.15) is 11.3 Å². The van der Waals surface area contributed by atoms with Gasteiger partial charge in [-0.3, -0.25) is 9.20 Å². The largest absolute Gasteiger partial charge is 0.497 e. The minimum absolute atomic E-state index is 0.251. The molecule has 4 aromatic rings. The molecule has 7 nitrogen and oxygen atoms in total. The lowest BCUT2D eigenvalue weighted by atomic mass is 10.0. The first kappa shape index (κ1) is 16.0. The number of rotatable bonds is 3. The van der Waals surface area contributed by atoms with Gasteiger partial charge in [0.15, 0.2) is 0 Å². The molecule has 0 fully saturated rings. The highest BCUT2D eigenvalue weighted by atomic mass is 16.5. The second-order valence-electron chi connectivity index (χ2n) is 5.93.